The number of nitrogens with zero attached hydrogens (tertiary/aromatic N) is 2. The molecular weight excluding hydrogens is 456 g/mol. The van der Waals surface area contributed by atoms with Gasteiger partial charge in [0.25, 0.3) is 5.91 Å². The molecule has 0 bridgehead atoms. The number of hydrazine groups is 1. The number of aryl methyl sites for hydroxylation is 1. The van der Waals surface area contributed by atoms with Crippen molar-refractivity contribution in [3.63, 3.8) is 0 Å². The number of allylic oxidation sites excluding steroid dienone is 3. The zero-order valence-corrected chi connectivity index (χ0v) is 21.1. The quantitative estimate of drug-likeness (QED) is 0.653. The van der Waals surface area contributed by atoms with E-state index < -0.39 is 5.92 Å². The van der Waals surface area contributed by atoms with Crippen LogP contribution in [0.15, 0.2) is 65.1 Å². The highest BCUT2D eigenvalue weighted by atomic mass is 16.5. The number of hydrogen-bond acceptors (Lipinski definition) is 7. The van der Waals surface area contributed by atoms with Crippen LogP contribution < -0.4 is 20.6 Å². The summed E-state index contributed by atoms with van der Waals surface area (Å²) < 4.78 is 10.8. The van der Waals surface area contributed by atoms with Crippen molar-refractivity contribution in [3.8, 4) is 17.6 Å². The standard InChI is InChI=1S/C28H30N4O4/c1-16-6-8-17(9-7-16)27(34)31-32-20-13-28(2,3)14-21(33)25(20)24(19(15-29)26(32)30)18-10-11-22(35-4)23(12-18)36-5/h6-12,24H,13-14,30H2,1-5H3,(H,31,34). The highest BCUT2D eigenvalue weighted by Gasteiger charge is 2.45. The Kier molecular flexibility index (Phi) is 6.51. The smallest absolute Gasteiger partial charge is 0.270 e. The third-order valence-electron chi connectivity index (χ3n) is 6.65. The first kappa shape index (κ1) is 24.9. The van der Waals surface area contributed by atoms with Gasteiger partial charge in [0, 0.05) is 17.6 Å². The molecular formula is C28H30N4O4. The van der Waals surface area contributed by atoms with Crippen LogP contribution in [0, 0.1) is 23.7 Å². The Morgan fingerprint density at radius 3 is 2.39 bits per heavy atom. The Bertz CT molecular complexity index is 1330. The maximum atomic E-state index is 13.6. The molecule has 3 N–H and O–H groups in total. The molecule has 4 rings (SSSR count). The SMILES string of the molecule is COc1ccc(C2C(C#N)=C(N)N(NC(=O)c3ccc(C)cc3)C3=C2C(=O)CC(C)(C)C3)cc1OC. The van der Waals surface area contributed by atoms with Crippen molar-refractivity contribution in [3.05, 3.63) is 81.8 Å². The number of carbonyl (C=O) groups excluding carboxylic acids is 2. The lowest BCUT2D eigenvalue weighted by Crippen LogP contribution is -2.49. The van der Waals surface area contributed by atoms with E-state index in [0.717, 1.165) is 5.56 Å². The van der Waals surface area contributed by atoms with Crippen LogP contribution in [0.2, 0.25) is 0 Å². The average Bonchev–Trinajstić information content (AvgIpc) is 2.84. The van der Waals surface area contributed by atoms with Gasteiger partial charge < -0.3 is 15.2 Å². The van der Waals surface area contributed by atoms with E-state index in [4.69, 9.17) is 15.2 Å². The molecule has 1 unspecified atom stereocenters. The molecule has 0 saturated carbocycles. The van der Waals surface area contributed by atoms with Gasteiger partial charge in [-0.15, -0.1) is 0 Å². The Labute approximate surface area is 210 Å². The second-order valence-electron chi connectivity index (χ2n) is 9.90. The number of hydrogen-bond donors (Lipinski definition) is 2. The Morgan fingerprint density at radius 1 is 1.11 bits per heavy atom. The number of benzene rings is 2. The van der Waals surface area contributed by atoms with E-state index in [1.807, 2.05) is 32.9 Å². The molecule has 2 aromatic rings. The van der Waals surface area contributed by atoms with Gasteiger partial charge in [-0.2, -0.15) is 5.26 Å². The molecule has 0 aromatic heterocycles. The van der Waals surface area contributed by atoms with Crippen LogP contribution in [0.1, 0.15) is 54.1 Å². The molecule has 1 amide bonds. The van der Waals surface area contributed by atoms with E-state index in [-0.39, 0.29) is 28.5 Å². The van der Waals surface area contributed by atoms with E-state index in [2.05, 4.69) is 11.5 Å². The fraction of sp³-hybridized carbons (Fsp3) is 0.321. The van der Waals surface area contributed by atoms with E-state index >= 15 is 0 Å². The normalized spacial score (nSPS) is 18.9. The molecule has 2 aromatic carbocycles. The topological polar surface area (TPSA) is 118 Å². The maximum Gasteiger partial charge on any atom is 0.270 e. The van der Waals surface area contributed by atoms with Gasteiger partial charge in [0.05, 0.1) is 37.5 Å². The number of carbonyl (C=O) groups is 2. The lowest BCUT2D eigenvalue weighted by Gasteiger charge is -2.43. The number of rotatable bonds is 5. The van der Waals surface area contributed by atoms with E-state index in [1.54, 1.807) is 37.4 Å². The van der Waals surface area contributed by atoms with Crippen LogP contribution in [-0.2, 0) is 4.79 Å². The summed E-state index contributed by atoms with van der Waals surface area (Å²) >= 11 is 0. The van der Waals surface area contributed by atoms with E-state index in [1.165, 1.54) is 12.1 Å². The van der Waals surface area contributed by atoms with Crippen molar-refractivity contribution in [2.45, 2.75) is 39.5 Å². The van der Waals surface area contributed by atoms with Crippen molar-refractivity contribution >= 4 is 11.7 Å². The summed E-state index contributed by atoms with van der Waals surface area (Å²) in [6.07, 6.45) is 0.805. The molecule has 1 aliphatic carbocycles. The summed E-state index contributed by atoms with van der Waals surface area (Å²) in [5.74, 6) is -0.0715. The van der Waals surface area contributed by atoms with Gasteiger partial charge in [0.2, 0.25) is 0 Å². The molecule has 8 heteroatoms. The Morgan fingerprint density at radius 2 is 1.78 bits per heavy atom. The zero-order valence-electron chi connectivity index (χ0n) is 21.1. The van der Waals surface area contributed by atoms with E-state index in [9.17, 15) is 14.9 Å². The van der Waals surface area contributed by atoms with Gasteiger partial charge in [0.1, 0.15) is 5.82 Å². The third kappa shape index (κ3) is 4.40. The first-order chi connectivity index (χ1) is 17.1. The van der Waals surface area contributed by atoms with Gasteiger partial charge in [-0.1, -0.05) is 37.6 Å². The lowest BCUT2D eigenvalue weighted by atomic mass is 9.69. The molecule has 1 aliphatic heterocycles. The number of nitrogens with one attached hydrogen (secondary N) is 1. The molecule has 36 heavy (non-hydrogen) atoms. The third-order valence-corrected chi connectivity index (χ3v) is 6.65. The molecule has 8 nitrogen and oxygen atoms in total. The molecule has 186 valence electrons. The van der Waals surface area contributed by atoms with Gasteiger partial charge in [-0.3, -0.25) is 15.0 Å². The maximum absolute atomic E-state index is 13.6. The number of ketones is 1. The summed E-state index contributed by atoms with van der Waals surface area (Å²) in [4.78, 5) is 26.7. The van der Waals surface area contributed by atoms with Crippen LogP contribution in [0.4, 0.5) is 0 Å². The van der Waals surface area contributed by atoms with Crippen LogP contribution in [-0.4, -0.2) is 30.9 Å². The number of nitriles is 1. The number of nitrogens with two attached hydrogens (primary N) is 1. The second kappa shape index (κ2) is 9.42. The summed E-state index contributed by atoms with van der Waals surface area (Å²) in [6.45, 7) is 5.94. The fourth-order valence-corrected chi connectivity index (χ4v) is 4.87. The zero-order chi connectivity index (χ0) is 26.2. The molecule has 2 aliphatic rings. The van der Waals surface area contributed by atoms with Crippen LogP contribution >= 0.6 is 0 Å². The average molecular weight is 487 g/mol. The van der Waals surface area contributed by atoms with Crippen molar-refractivity contribution in [2.24, 2.45) is 11.1 Å². The van der Waals surface area contributed by atoms with E-state index in [0.29, 0.717) is 46.7 Å². The summed E-state index contributed by atoms with van der Waals surface area (Å²) in [5.41, 5.74) is 12.4. The number of methoxy groups -OCH3 is 2. The fourth-order valence-electron chi connectivity index (χ4n) is 4.87. The minimum atomic E-state index is -0.694. The van der Waals surface area contributed by atoms with Crippen molar-refractivity contribution in [2.75, 3.05) is 14.2 Å². The van der Waals surface area contributed by atoms with Crippen LogP contribution in [0.3, 0.4) is 0 Å². The predicted octanol–water partition coefficient (Wildman–Crippen LogP) is 4.09. The molecule has 1 heterocycles. The second-order valence-corrected chi connectivity index (χ2v) is 9.90. The largest absolute Gasteiger partial charge is 0.493 e. The summed E-state index contributed by atoms with van der Waals surface area (Å²) in [7, 11) is 3.07. The monoisotopic (exact) mass is 486 g/mol. The van der Waals surface area contributed by atoms with Gasteiger partial charge in [-0.05, 0) is 48.6 Å². The highest BCUT2D eigenvalue weighted by Crippen LogP contribution is 2.49. The van der Waals surface area contributed by atoms with Gasteiger partial charge in [0.15, 0.2) is 17.3 Å². The molecule has 0 radical (unpaired) electrons. The highest BCUT2D eigenvalue weighted by molar-refractivity contribution is 6.01. The van der Waals surface area contributed by atoms with Crippen molar-refractivity contribution < 1.29 is 19.1 Å². The van der Waals surface area contributed by atoms with Gasteiger partial charge >= 0.3 is 0 Å². The number of ether oxygens (including phenoxy) is 2. The lowest BCUT2D eigenvalue weighted by molar-refractivity contribution is -0.118. The molecule has 0 fully saturated rings. The molecule has 0 saturated heterocycles. The minimum absolute atomic E-state index is 0.0852. The molecule has 0 spiro atoms. The summed E-state index contributed by atoms with van der Waals surface area (Å²) in [5, 5.41) is 11.6. The van der Waals surface area contributed by atoms with Gasteiger partial charge in [-0.25, -0.2) is 5.01 Å². The first-order valence-electron chi connectivity index (χ1n) is 11.7. The number of amides is 1. The van der Waals surface area contributed by atoms with Crippen molar-refractivity contribution in [1.82, 2.24) is 10.4 Å². The Hall–Kier alpha value is -4.25. The van der Waals surface area contributed by atoms with Crippen molar-refractivity contribution in [1.29, 1.82) is 5.26 Å². The summed E-state index contributed by atoms with van der Waals surface area (Å²) in [6, 6.07) is 14.6. The minimum Gasteiger partial charge on any atom is -0.493 e. The Balaban J connectivity index is 1.86. The van der Waals surface area contributed by atoms with Crippen LogP contribution in [0.5, 0.6) is 11.5 Å². The first-order valence-corrected chi connectivity index (χ1v) is 11.7. The predicted molar refractivity (Wildman–Crippen MR) is 135 cm³/mol. The van der Waals surface area contributed by atoms with Crippen LogP contribution in [0.25, 0.3) is 0 Å². The molecule has 1 atom stereocenters. The number of Topliss-reactive ketones (excluding diaryl/α,β-unsaturated/α-hetero) is 1.